The average Bonchev–Trinajstić information content (AvgIpc) is 2.69. The largest absolute Gasteiger partial charge is 0.497 e. The lowest BCUT2D eigenvalue weighted by atomic mass is 10.1. The van der Waals surface area contributed by atoms with Gasteiger partial charge in [-0.2, -0.15) is 5.26 Å². The van der Waals surface area contributed by atoms with E-state index in [0.717, 1.165) is 16.9 Å². The van der Waals surface area contributed by atoms with E-state index in [0.29, 0.717) is 0 Å². The molecule has 0 spiro atoms. The van der Waals surface area contributed by atoms with Crippen LogP contribution in [-0.4, -0.2) is 13.0 Å². The van der Waals surface area contributed by atoms with Gasteiger partial charge in [0.15, 0.2) is 0 Å². The average molecular weight is 349 g/mol. The molecule has 0 aliphatic carbocycles. The van der Waals surface area contributed by atoms with Gasteiger partial charge < -0.3 is 15.4 Å². The summed E-state index contributed by atoms with van der Waals surface area (Å²) in [7, 11) is 1.62. The highest BCUT2D eigenvalue weighted by Gasteiger charge is 2.14. The van der Waals surface area contributed by atoms with Crippen LogP contribution >= 0.6 is 0 Å². The Labute approximate surface area is 154 Å². The Bertz CT molecular complexity index is 792. The number of ether oxygens (including phenoxy) is 1. The fourth-order valence-corrected chi connectivity index (χ4v) is 2.45. The number of hydrogen-bond donors (Lipinski definition) is 2. The molecule has 0 aliphatic heterocycles. The lowest BCUT2D eigenvalue weighted by Crippen LogP contribution is -2.28. The first-order chi connectivity index (χ1) is 12.5. The number of nitrogens with zero attached hydrogens (tertiary/aromatic N) is 1. The van der Waals surface area contributed by atoms with Crippen molar-refractivity contribution < 1.29 is 9.53 Å². The number of hydrogen-bond acceptors (Lipinski definition) is 4. The van der Waals surface area contributed by atoms with Gasteiger partial charge in [0.2, 0.25) is 0 Å². The number of benzene rings is 2. The second-order valence-corrected chi connectivity index (χ2v) is 5.94. The van der Waals surface area contributed by atoms with Crippen LogP contribution in [0.15, 0.2) is 66.4 Å². The van der Waals surface area contributed by atoms with Crippen LogP contribution in [0.25, 0.3) is 0 Å². The second-order valence-electron chi connectivity index (χ2n) is 5.94. The number of carbonyl (C=O) groups excluding carboxylic acids is 1. The summed E-state index contributed by atoms with van der Waals surface area (Å²) in [4.78, 5) is 12.3. The second kappa shape index (κ2) is 9.28. The summed E-state index contributed by atoms with van der Waals surface area (Å²) in [5, 5.41) is 15.2. The minimum atomic E-state index is -0.404. The number of carbonyl (C=O) groups is 1. The highest BCUT2D eigenvalue weighted by molar-refractivity contribution is 5.97. The molecule has 0 fully saturated rings. The summed E-state index contributed by atoms with van der Waals surface area (Å²) in [5.41, 5.74) is 2.04. The molecule has 2 aromatic rings. The molecule has 5 heteroatoms. The van der Waals surface area contributed by atoms with Crippen molar-refractivity contribution >= 4 is 5.91 Å². The van der Waals surface area contributed by atoms with Gasteiger partial charge >= 0.3 is 0 Å². The molecule has 2 unspecified atom stereocenters. The third kappa shape index (κ3) is 5.12. The summed E-state index contributed by atoms with van der Waals surface area (Å²) < 4.78 is 5.14. The third-order valence-corrected chi connectivity index (χ3v) is 4.11. The maximum atomic E-state index is 12.3. The van der Waals surface area contributed by atoms with Crippen LogP contribution in [-0.2, 0) is 4.79 Å². The lowest BCUT2D eigenvalue weighted by molar-refractivity contribution is -0.117. The molecule has 1 amide bonds. The zero-order chi connectivity index (χ0) is 18.9. The van der Waals surface area contributed by atoms with E-state index < -0.39 is 5.91 Å². The van der Waals surface area contributed by atoms with Crippen LogP contribution in [0.4, 0.5) is 0 Å². The van der Waals surface area contributed by atoms with Gasteiger partial charge in [0.1, 0.15) is 17.4 Å². The van der Waals surface area contributed by atoms with Gasteiger partial charge in [-0.3, -0.25) is 4.79 Å². The summed E-state index contributed by atoms with van der Waals surface area (Å²) >= 11 is 0. The first-order valence-corrected chi connectivity index (χ1v) is 8.41. The molecule has 0 aliphatic rings. The molecule has 2 atom stereocenters. The Balaban J connectivity index is 1.99. The van der Waals surface area contributed by atoms with Gasteiger partial charge in [-0.1, -0.05) is 42.5 Å². The normalized spacial score (nSPS) is 13.2. The summed E-state index contributed by atoms with van der Waals surface area (Å²) in [6.45, 7) is 3.84. The molecule has 0 heterocycles. The summed E-state index contributed by atoms with van der Waals surface area (Å²) in [5.74, 6) is 0.377. The van der Waals surface area contributed by atoms with Crippen molar-refractivity contribution in [1.29, 1.82) is 5.26 Å². The van der Waals surface area contributed by atoms with E-state index in [1.54, 1.807) is 7.11 Å². The molecule has 2 rings (SSSR count). The van der Waals surface area contributed by atoms with Crippen LogP contribution in [0.5, 0.6) is 5.75 Å². The SMILES string of the molecule is COc1ccc(C(C)N/C=C(/C#N)C(=O)NC(C)c2ccccc2)cc1. The van der Waals surface area contributed by atoms with Crippen LogP contribution in [0.1, 0.15) is 37.1 Å². The number of methoxy groups -OCH3 is 1. The van der Waals surface area contributed by atoms with E-state index in [-0.39, 0.29) is 17.7 Å². The molecule has 0 saturated heterocycles. The Morgan fingerprint density at radius 2 is 1.65 bits per heavy atom. The summed E-state index contributed by atoms with van der Waals surface area (Å²) in [6, 6.07) is 19.0. The van der Waals surface area contributed by atoms with E-state index in [1.165, 1.54) is 6.20 Å². The van der Waals surface area contributed by atoms with Crippen molar-refractivity contribution in [2.45, 2.75) is 25.9 Å². The molecule has 0 aromatic heterocycles. The van der Waals surface area contributed by atoms with Crippen LogP contribution in [0.3, 0.4) is 0 Å². The quantitative estimate of drug-likeness (QED) is 0.591. The highest BCUT2D eigenvalue weighted by Crippen LogP contribution is 2.17. The number of nitrogens with one attached hydrogen (secondary N) is 2. The molecule has 26 heavy (non-hydrogen) atoms. The molecule has 5 nitrogen and oxygen atoms in total. The van der Waals surface area contributed by atoms with Crippen molar-refractivity contribution in [3.05, 3.63) is 77.5 Å². The minimum absolute atomic E-state index is 0.0353. The standard InChI is InChI=1S/C21H23N3O2/c1-15(18-9-11-20(26-3)12-10-18)23-14-19(13-22)21(25)24-16(2)17-7-5-4-6-8-17/h4-12,14-16,23H,1-3H3,(H,24,25)/b19-14-. The lowest BCUT2D eigenvalue weighted by Gasteiger charge is -2.15. The summed E-state index contributed by atoms with van der Waals surface area (Å²) in [6.07, 6.45) is 1.46. The smallest absolute Gasteiger partial charge is 0.263 e. The van der Waals surface area contributed by atoms with Crippen molar-refractivity contribution in [2.24, 2.45) is 0 Å². The maximum absolute atomic E-state index is 12.3. The van der Waals surface area contributed by atoms with E-state index in [4.69, 9.17) is 4.74 Å². The van der Waals surface area contributed by atoms with Gasteiger partial charge in [-0.25, -0.2) is 0 Å². The Morgan fingerprint density at radius 3 is 2.23 bits per heavy atom. The topological polar surface area (TPSA) is 74.1 Å². The predicted molar refractivity (Wildman–Crippen MR) is 101 cm³/mol. The molecule has 2 N–H and O–H groups in total. The number of nitriles is 1. The van der Waals surface area contributed by atoms with Gasteiger partial charge in [-0.05, 0) is 37.1 Å². The zero-order valence-electron chi connectivity index (χ0n) is 15.2. The van der Waals surface area contributed by atoms with Crippen LogP contribution in [0.2, 0.25) is 0 Å². The van der Waals surface area contributed by atoms with Gasteiger partial charge in [-0.15, -0.1) is 0 Å². The Kier molecular flexibility index (Phi) is 6.81. The first kappa shape index (κ1) is 19.1. The fraction of sp³-hybridized carbons (Fsp3) is 0.238. The number of amides is 1. The molecule has 134 valence electrons. The molecule has 2 aromatic carbocycles. The Morgan fingerprint density at radius 1 is 1.04 bits per heavy atom. The molecule has 0 saturated carbocycles. The molecule has 0 radical (unpaired) electrons. The number of rotatable bonds is 7. The van der Waals surface area contributed by atoms with Crippen molar-refractivity contribution in [3.8, 4) is 11.8 Å². The van der Waals surface area contributed by atoms with E-state index >= 15 is 0 Å². The van der Waals surface area contributed by atoms with Crippen molar-refractivity contribution in [3.63, 3.8) is 0 Å². The van der Waals surface area contributed by atoms with Gasteiger partial charge in [0.05, 0.1) is 13.2 Å². The fourth-order valence-electron chi connectivity index (χ4n) is 2.45. The van der Waals surface area contributed by atoms with Gasteiger partial charge in [0, 0.05) is 12.2 Å². The Hall–Kier alpha value is -3.26. The van der Waals surface area contributed by atoms with Crippen molar-refractivity contribution in [2.75, 3.05) is 7.11 Å². The van der Waals surface area contributed by atoms with Crippen LogP contribution in [0, 0.1) is 11.3 Å². The van der Waals surface area contributed by atoms with E-state index in [1.807, 2.05) is 74.5 Å². The monoisotopic (exact) mass is 349 g/mol. The molecular weight excluding hydrogens is 326 g/mol. The van der Waals surface area contributed by atoms with Crippen molar-refractivity contribution in [1.82, 2.24) is 10.6 Å². The minimum Gasteiger partial charge on any atom is -0.497 e. The molecule has 0 bridgehead atoms. The third-order valence-electron chi connectivity index (χ3n) is 4.11. The van der Waals surface area contributed by atoms with E-state index in [9.17, 15) is 10.1 Å². The first-order valence-electron chi connectivity index (χ1n) is 8.41. The molecular formula is C21H23N3O2. The van der Waals surface area contributed by atoms with Crippen LogP contribution < -0.4 is 15.4 Å². The van der Waals surface area contributed by atoms with Gasteiger partial charge in [0.25, 0.3) is 5.91 Å². The van der Waals surface area contributed by atoms with E-state index in [2.05, 4.69) is 10.6 Å². The zero-order valence-corrected chi connectivity index (χ0v) is 15.2. The maximum Gasteiger partial charge on any atom is 0.263 e. The predicted octanol–water partition coefficient (Wildman–Crippen LogP) is 3.63. The highest BCUT2D eigenvalue weighted by atomic mass is 16.5.